The van der Waals surface area contributed by atoms with Crippen molar-refractivity contribution in [2.24, 2.45) is 0 Å². The topological polar surface area (TPSA) is 52.6 Å². The van der Waals surface area contributed by atoms with Gasteiger partial charge in [-0.1, -0.05) is 0 Å². The van der Waals surface area contributed by atoms with Gasteiger partial charge in [-0.05, 0) is 0 Å². The average molecular weight is 436 g/mol. The number of carbonyl (C=O) groups is 2. The van der Waals surface area contributed by atoms with Crippen LogP contribution >= 0.6 is 0 Å². The third-order valence-corrected chi connectivity index (χ3v) is 4.66. The van der Waals surface area contributed by atoms with Gasteiger partial charge in [0.15, 0.2) is 0 Å². The van der Waals surface area contributed by atoms with E-state index in [-0.39, 0.29) is 25.2 Å². The summed E-state index contributed by atoms with van der Waals surface area (Å²) in [5.74, 6) is -0.714. The van der Waals surface area contributed by atoms with Crippen molar-refractivity contribution in [3.63, 3.8) is 0 Å². The van der Waals surface area contributed by atoms with E-state index in [0.717, 1.165) is 8.70 Å². The van der Waals surface area contributed by atoms with Crippen LogP contribution in [0.25, 0.3) is 0 Å². The predicted molar refractivity (Wildman–Crippen MR) is 94.4 cm³/mol. The van der Waals surface area contributed by atoms with E-state index < -0.39 is 0 Å². The van der Waals surface area contributed by atoms with Crippen molar-refractivity contribution in [3.05, 3.63) is 59.7 Å². The van der Waals surface area contributed by atoms with Gasteiger partial charge in [-0.3, -0.25) is 0 Å². The molecule has 4 nitrogen and oxygen atoms in total. The fourth-order valence-electron chi connectivity index (χ4n) is 1.79. The predicted octanol–water partition coefficient (Wildman–Crippen LogP) is -0.393. The van der Waals surface area contributed by atoms with Crippen LogP contribution in [0.3, 0.4) is 0 Å². The summed E-state index contributed by atoms with van der Waals surface area (Å²) in [7, 11) is 0. The summed E-state index contributed by atoms with van der Waals surface area (Å²) in [5, 5.41) is 0. The Morgan fingerprint density at radius 1 is 0.696 bits per heavy atom. The van der Waals surface area contributed by atoms with E-state index in [1.165, 1.54) is 33.7 Å². The molecule has 0 bridgehead atoms. The number of benzene rings is 2. The summed E-state index contributed by atoms with van der Waals surface area (Å²) in [4.78, 5) is 23.6. The van der Waals surface area contributed by atoms with Crippen molar-refractivity contribution in [2.45, 2.75) is 6.42 Å². The van der Waals surface area contributed by atoms with Crippen LogP contribution in [0.1, 0.15) is 27.1 Å². The Morgan fingerprint density at radius 2 is 1.04 bits per heavy atom. The fraction of sp³-hybridized carbons (Fsp3) is 0.176. The third-order valence-electron chi connectivity index (χ3n) is 3.05. The van der Waals surface area contributed by atoms with Crippen LogP contribution in [0.5, 0.6) is 0 Å². The van der Waals surface area contributed by atoms with Crippen LogP contribution in [-0.4, -0.2) is 58.9 Å². The van der Waals surface area contributed by atoms with Crippen LogP contribution in [-0.2, 0) is 9.47 Å². The van der Waals surface area contributed by atoms with Gasteiger partial charge in [0, 0.05) is 0 Å². The first kappa shape index (κ1) is 17.8. The van der Waals surface area contributed by atoms with E-state index >= 15 is 0 Å². The van der Waals surface area contributed by atoms with Crippen LogP contribution in [0.2, 0.25) is 0 Å². The summed E-state index contributed by atoms with van der Waals surface area (Å²) in [5.41, 5.74) is 1.06. The second-order valence-electron chi connectivity index (χ2n) is 4.87. The van der Waals surface area contributed by atoms with Gasteiger partial charge < -0.3 is 0 Å². The molecule has 0 amide bonds. The number of esters is 2. The van der Waals surface area contributed by atoms with Crippen molar-refractivity contribution in [2.75, 3.05) is 13.2 Å². The minimum atomic E-state index is -0.357. The van der Waals surface area contributed by atoms with Crippen molar-refractivity contribution >= 4 is 54.3 Å². The standard InChI is InChI=1S/C17H18As2O4/c18-14-6-2-12(3-7-14)16(20)22-10-1-11-23-17(21)13-4-8-15(19)9-5-13/h2-9H,1,10-11,18-19H2. The van der Waals surface area contributed by atoms with Crippen molar-refractivity contribution in [1.82, 2.24) is 0 Å². The molecule has 0 radical (unpaired) electrons. The summed E-state index contributed by atoms with van der Waals surface area (Å²) in [6.07, 6.45) is 0.474. The summed E-state index contributed by atoms with van der Waals surface area (Å²) >= 11 is 3.01. The first-order valence-corrected chi connectivity index (χ1v) is 9.54. The number of carbonyl (C=O) groups excluding carboxylic acids is 2. The quantitative estimate of drug-likeness (QED) is 0.352. The van der Waals surface area contributed by atoms with E-state index in [4.69, 9.17) is 9.47 Å². The molecule has 0 N–H and O–H groups in total. The number of ether oxygens (including phenoxy) is 2. The van der Waals surface area contributed by atoms with Crippen LogP contribution in [0.15, 0.2) is 48.5 Å². The molecule has 0 aromatic heterocycles. The molecular weight excluding hydrogens is 418 g/mol. The van der Waals surface area contributed by atoms with Crippen LogP contribution in [0, 0.1) is 0 Å². The van der Waals surface area contributed by atoms with E-state index in [1.807, 2.05) is 24.3 Å². The molecule has 0 aliphatic carbocycles. The molecule has 0 saturated carbocycles. The van der Waals surface area contributed by atoms with Crippen molar-refractivity contribution < 1.29 is 19.1 Å². The van der Waals surface area contributed by atoms with Crippen molar-refractivity contribution in [3.8, 4) is 0 Å². The van der Waals surface area contributed by atoms with Gasteiger partial charge in [0.05, 0.1) is 0 Å². The molecule has 2 aromatic carbocycles. The van der Waals surface area contributed by atoms with Crippen LogP contribution in [0.4, 0.5) is 0 Å². The summed E-state index contributed by atoms with van der Waals surface area (Å²) < 4.78 is 12.6. The maximum absolute atomic E-state index is 11.8. The number of rotatable bonds is 6. The first-order chi connectivity index (χ1) is 11.1. The summed E-state index contributed by atoms with van der Waals surface area (Å²) in [6, 6.07) is 14.6. The Hall–Kier alpha value is -1.50. The van der Waals surface area contributed by atoms with Gasteiger partial charge in [-0.25, -0.2) is 0 Å². The Morgan fingerprint density at radius 3 is 1.39 bits per heavy atom. The Bertz CT molecular complexity index is 606. The average Bonchev–Trinajstić information content (AvgIpc) is 2.55. The molecule has 0 heterocycles. The van der Waals surface area contributed by atoms with E-state index in [0.29, 0.717) is 17.5 Å². The Labute approximate surface area is 152 Å². The van der Waals surface area contributed by atoms with Gasteiger partial charge in [-0.2, -0.15) is 0 Å². The SMILES string of the molecule is O=C(OCCCOC(=O)c1ccc([AsH2])cc1)c1ccc([AsH2])cc1. The first-order valence-electron chi connectivity index (χ1n) is 7.11. The molecule has 0 aliphatic rings. The zero-order chi connectivity index (χ0) is 16.7. The van der Waals surface area contributed by atoms with Crippen LogP contribution < -0.4 is 8.70 Å². The van der Waals surface area contributed by atoms with E-state index in [1.54, 1.807) is 24.3 Å². The van der Waals surface area contributed by atoms with Gasteiger partial charge in [-0.15, -0.1) is 0 Å². The monoisotopic (exact) mass is 436 g/mol. The molecule has 120 valence electrons. The van der Waals surface area contributed by atoms with Gasteiger partial charge in [0.2, 0.25) is 0 Å². The molecule has 23 heavy (non-hydrogen) atoms. The molecule has 2 atom stereocenters. The van der Waals surface area contributed by atoms with Crippen molar-refractivity contribution in [1.29, 1.82) is 0 Å². The summed E-state index contributed by atoms with van der Waals surface area (Å²) in [6.45, 7) is 0.445. The number of hydrogen-bond acceptors (Lipinski definition) is 4. The van der Waals surface area contributed by atoms with Gasteiger partial charge in [0.25, 0.3) is 0 Å². The zero-order valence-corrected chi connectivity index (χ0v) is 17.4. The molecule has 6 heteroatoms. The molecule has 2 unspecified atom stereocenters. The van der Waals surface area contributed by atoms with Gasteiger partial charge in [0.1, 0.15) is 0 Å². The van der Waals surface area contributed by atoms with E-state index in [9.17, 15) is 9.59 Å². The fourth-order valence-corrected chi connectivity index (χ4v) is 2.60. The molecule has 0 aliphatic heterocycles. The number of hydrogen-bond donors (Lipinski definition) is 0. The molecule has 2 aromatic rings. The zero-order valence-electron chi connectivity index (χ0n) is 12.5. The molecular formula is C17H18As2O4. The normalized spacial score (nSPS) is 10.2. The second-order valence-corrected chi connectivity index (χ2v) is 7.67. The second kappa shape index (κ2) is 8.96. The molecule has 0 saturated heterocycles. The molecule has 0 fully saturated rings. The van der Waals surface area contributed by atoms with E-state index in [2.05, 4.69) is 0 Å². The third kappa shape index (κ3) is 5.89. The Balaban J connectivity index is 1.67. The minimum absolute atomic E-state index is 0.223. The maximum atomic E-state index is 11.8. The Kier molecular flexibility index (Phi) is 6.95. The molecule has 0 spiro atoms. The van der Waals surface area contributed by atoms with Gasteiger partial charge >= 0.3 is 153 Å². The molecule has 2 rings (SSSR count).